The molecule has 1 aromatic carbocycles. The highest BCUT2D eigenvalue weighted by Crippen LogP contribution is 2.25. The summed E-state index contributed by atoms with van der Waals surface area (Å²) in [5, 5.41) is 3.51. The Balaban J connectivity index is 1.88. The fourth-order valence-electron chi connectivity index (χ4n) is 3.43. The molecule has 1 heterocycles. The Morgan fingerprint density at radius 3 is 2.62 bits per heavy atom. The van der Waals surface area contributed by atoms with Gasteiger partial charge in [-0.2, -0.15) is 0 Å². The first kappa shape index (κ1) is 20.4. The van der Waals surface area contributed by atoms with Gasteiger partial charge in [-0.3, -0.25) is 4.99 Å². The number of aliphatic imine (C=N–C) groups is 1. The van der Waals surface area contributed by atoms with Crippen molar-refractivity contribution < 1.29 is 9.47 Å². The molecule has 1 N–H and O–H groups in total. The van der Waals surface area contributed by atoms with E-state index >= 15 is 0 Å². The molecule has 1 aliphatic heterocycles. The quantitative estimate of drug-likeness (QED) is 0.569. The van der Waals surface area contributed by atoms with Gasteiger partial charge >= 0.3 is 0 Å². The van der Waals surface area contributed by atoms with Crippen LogP contribution in [0.2, 0.25) is 0 Å². The van der Waals surface area contributed by atoms with E-state index < -0.39 is 0 Å². The summed E-state index contributed by atoms with van der Waals surface area (Å²) in [6.45, 7) is 7.58. The topological polar surface area (TPSA) is 49.3 Å². The Morgan fingerprint density at radius 2 is 2.00 bits per heavy atom. The van der Waals surface area contributed by atoms with Crippen LogP contribution in [0, 0.1) is 5.92 Å². The lowest BCUT2D eigenvalue weighted by Crippen LogP contribution is -2.42. The van der Waals surface area contributed by atoms with Gasteiger partial charge in [0.25, 0.3) is 0 Å². The van der Waals surface area contributed by atoms with Crippen LogP contribution < -0.4 is 14.8 Å². The molecule has 1 fully saturated rings. The molecule has 6 heteroatoms. The Hall–Kier alpha value is -1.95. The zero-order chi connectivity index (χ0) is 18.9. The van der Waals surface area contributed by atoms with Gasteiger partial charge in [-0.25, -0.2) is 0 Å². The summed E-state index contributed by atoms with van der Waals surface area (Å²) in [6.07, 6.45) is 2.68. The minimum Gasteiger partial charge on any atom is -0.497 e. The molecule has 0 amide bonds. The van der Waals surface area contributed by atoms with Crippen molar-refractivity contribution >= 4 is 5.96 Å². The van der Waals surface area contributed by atoms with Crippen molar-refractivity contribution in [3.63, 3.8) is 0 Å². The number of ether oxygens (including phenoxy) is 2. The van der Waals surface area contributed by atoms with E-state index in [1.54, 1.807) is 14.2 Å². The van der Waals surface area contributed by atoms with Gasteiger partial charge in [-0.05, 0) is 44.0 Å². The van der Waals surface area contributed by atoms with Crippen LogP contribution in [0.3, 0.4) is 0 Å². The molecule has 26 heavy (non-hydrogen) atoms. The fraction of sp³-hybridized carbons (Fsp3) is 0.650. The molecule has 0 bridgehead atoms. The zero-order valence-corrected chi connectivity index (χ0v) is 16.9. The molecule has 1 atom stereocenters. The van der Waals surface area contributed by atoms with E-state index in [0.29, 0.717) is 12.5 Å². The number of hydrogen-bond donors (Lipinski definition) is 1. The normalized spacial score (nSPS) is 16.4. The Morgan fingerprint density at radius 1 is 1.27 bits per heavy atom. The lowest BCUT2D eigenvalue weighted by molar-refractivity contribution is 0.286. The van der Waals surface area contributed by atoms with Gasteiger partial charge in [0, 0.05) is 45.4 Å². The van der Waals surface area contributed by atoms with Gasteiger partial charge in [0.2, 0.25) is 0 Å². The molecule has 2 rings (SSSR count). The molecule has 0 aliphatic carbocycles. The number of rotatable bonds is 8. The molecule has 1 saturated heterocycles. The molecule has 6 nitrogen and oxygen atoms in total. The van der Waals surface area contributed by atoms with Crippen molar-refractivity contribution in [2.75, 3.05) is 54.5 Å². The average Bonchev–Trinajstić information content (AvgIpc) is 3.15. The molecule has 146 valence electrons. The second kappa shape index (κ2) is 10.3. The van der Waals surface area contributed by atoms with Gasteiger partial charge in [0.05, 0.1) is 14.2 Å². The first-order chi connectivity index (χ1) is 12.6. The molecule has 0 saturated carbocycles. The fourth-order valence-corrected chi connectivity index (χ4v) is 3.43. The summed E-state index contributed by atoms with van der Waals surface area (Å²) in [7, 11) is 7.22. The monoisotopic (exact) mass is 362 g/mol. The summed E-state index contributed by atoms with van der Waals surface area (Å²) in [6, 6.07) is 5.91. The number of likely N-dealkylation sites (tertiary alicyclic amines) is 1. The molecule has 0 radical (unpaired) electrons. The van der Waals surface area contributed by atoms with Crippen LogP contribution in [0.1, 0.15) is 25.3 Å². The largest absolute Gasteiger partial charge is 0.497 e. The predicted octanol–water partition coefficient (Wildman–Crippen LogP) is 2.44. The minimum atomic E-state index is 0.591. The number of nitrogens with zero attached hydrogens (tertiary/aromatic N) is 3. The first-order valence-corrected chi connectivity index (χ1v) is 9.42. The lowest BCUT2D eigenvalue weighted by Gasteiger charge is -2.26. The second-order valence-corrected chi connectivity index (χ2v) is 7.07. The summed E-state index contributed by atoms with van der Waals surface area (Å²) in [4.78, 5) is 9.10. The van der Waals surface area contributed by atoms with Crippen molar-refractivity contribution in [3.05, 3.63) is 23.8 Å². The van der Waals surface area contributed by atoms with Crippen LogP contribution in [-0.4, -0.2) is 70.3 Å². The molecule has 0 spiro atoms. The van der Waals surface area contributed by atoms with Crippen LogP contribution in [-0.2, 0) is 6.54 Å². The van der Waals surface area contributed by atoms with Gasteiger partial charge in [-0.1, -0.05) is 6.92 Å². The molecular formula is C20H34N4O2. The molecule has 1 aliphatic rings. The molecule has 1 aromatic rings. The van der Waals surface area contributed by atoms with E-state index in [1.807, 2.05) is 32.3 Å². The van der Waals surface area contributed by atoms with Crippen LogP contribution in [0.25, 0.3) is 0 Å². The molecule has 0 aromatic heterocycles. The minimum absolute atomic E-state index is 0.591. The summed E-state index contributed by atoms with van der Waals surface area (Å²) < 4.78 is 10.8. The number of benzene rings is 1. The number of nitrogens with one attached hydrogen (secondary N) is 1. The summed E-state index contributed by atoms with van der Waals surface area (Å²) >= 11 is 0. The third-order valence-electron chi connectivity index (χ3n) is 4.85. The van der Waals surface area contributed by atoms with Gasteiger partial charge in [0.15, 0.2) is 5.96 Å². The number of methoxy groups -OCH3 is 2. The highest BCUT2D eigenvalue weighted by molar-refractivity contribution is 5.79. The molecule has 1 unspecified atom stereocenters. The predicted molar refractivity (Wildman–Crippen MR) is 107 cm³/mol. The van der Waals surface area contributed by atoms with E-state index in [-0.39, 0.29) is 0 Å². The van der Waals surface area contributed by atoms with E-state index in [1.165, 1.54) is 25.9 Å². The SMILES string of the molecule is CN=C(NCC(C)CN1CCCC1)N(C)Cc1ccc(OC)cc1OC. The summed E-state index contributed by atoms with van der Waals surface area (Å²) in [5.74, 6) is 3.12. The average molecular weight is 363 g/mol. The van der Waals surface area contributed by atoms with E-state index in [0.717, 1.165) is 36.1 Å². The van der Waals surface area contributed by atoms with Crippen molar-refractivity contribution in [1.82, 2.24) is 15.1 Å². The highest BCUT2D eigenvalue weighted by atomic mass is 16.5. The standard InChI is InChI=1S/C20H34N4O2/c1-16(14-24-10-6-7-11-24)13-22-20(21-2)23(3)15-17-8-9-18(25-4)12-19(17)26-5/h8-9,12,16H,6-7,10-11,13-15H2,1-5H3,(H,21,22). The highest BCUT2D eigenvalue weighted by Gasteiger charge is 2.16. The van der Waals surface area contributed by atoms with Crippen molar-refractivity contribution in [1.29, 1.82) is 0 Å². The van der Waals surface area contributed by atoms with Crippen LogP contribution >= 0.6 is 0 Å². The third kappa shape index (κ3) is 5.80. The third-order valence-corrected chi connectivity index (χ3v) is 4.85. The van der Waals surface area contributed by atoms with Crippen LogP contribution in [0.5, 0.6) is 11.5 Å². The van der Waals surface area contributed by atoms with E-state index in [2.05, 4.69) is 27.0 Å². The van der Waals surface area contributed by atoms with Gasteiger partial charge in [-0.15, -0.1) is 0 Å². The van der Waals surface area contributed by atoms with Gasteiger partial charge < -0.3 is 24.6 Å². The number of guanidine groups is 1. The molecular weight excluding hydrogens is 328 g/mol. The number of hydrogen-bond acceptors (Lipinski definition) is 4. The van der Waals surface area contributed by atoms with Crippen molar-refractivity contribution in [3.8, 4) is 11.5 Å². The first-order valence-electron chi connectivity index (χ1n) is 9.42. The van der Waals surface area contributed by atoms with Crippen molar-refractivity contribution in [2.45, 2.75) is 26.3 Å². The lowest BCUT2D eigenvalue weighted by atomic mass is 10.1. The van der Waals surface area contributed by atoms with Crippen LogP contribution in [0.4, 0.5) is 0 Å². The maximum absolute atomic E-state index is 5.50. The Kier molecular flexibility index (Phi) is 8.04. The summed E-state index contributed by atoms with van der Waals surface area (Å²) in [5.41, 5.74) is 1.10. The smallest absolute Gasteiger partial charge is 0.193 e. The van der Waals surface area contributed by atoms with Gasteiger partial charge in [0.1, 0.15) is 11.5 Å². The van der Waals surface area contributed by atoms with E-state index in [9.17, 15) is 0 Å². The zero-order valence-electron chi connectivity index (χ0n) is 16.9. The Labute approximate surface area is 158 Å². The maximum atomic E-state index is 5.50. The van der Waals surface area contributed by atoms with E-state index in [4.69, 9.17) is 9.47 Å². The Bertz CT molecular complexity index is 585. The van der Waals surface area contributed by atoms with Crippen molar-refractivity contribution in [2.24, 2.45) is 10.9 Å². The maximum Gasteiger partial charge on any atom is 0.193 e. The second-order valence-electron chi connectivity index (χ2n) is 7.07. The van der Waals surface area contributed by atoms with Crippen LogP contribution in [0.15, 0.2) is 23.2 Å².